The summed E-state index contributed by atoms with van der Waals surface area (Å²) < 4.78 is 38.5. The molecular weight excluding hydrogens is 299 g/mol. The van der Waals surface area contributed by atoms with Gasteiger partial charge in [0.2, 0.25) is 0 Å². The molecule has 2 aromatic rings. The fourth-order valence-electron chi connectivity index (χ4n) is 1.83. The molecule has 0 radical (unpaired) electrons. The maximum atomic E-state index is 12.6. The van der Waals surface area contributed by atoms with E-state index in [1.54, 1.807) is 0 Å². The molecular formula is C14H12F3N3O2. The maximum Gasteiger partial charge on any atom is 0.433 e. The molecule has 0 bridgehead atoms. The predicted octanol–water partition coefficient (Wildman–Crippen LogP) is 2.89. The van der Waals surface area contributed by atoms with Gasteiger partial charge in [0.25, 0.3) is 5.91 Å². The second kappa shape index (κ2) is 5.63. The zero-order chi connectivity index (χ0) is 16.5. The van der Waals surface area contributed by atoms with Gasteiger partial charge < -0.3 is 5.32 Å². The summed E-state index contributed by atoms with van der Waals surface area (Å²) in [7, 11) is 1.11. The van der Waals surface area contributed by atoms with Gasteiger partial charge in [0.15, 0.2) is 11.5 Å². The fraction of sp³-hybridized carbons (Fsp3) is 0.214. The minimum absolute atomic E-state index is 0.127. The molecule has 0 spiro atoms. The Labute approximate surface area is 123 Å². The van der Waals surface area contributed by atoms with Gasteiger partial charge in [0.05, 0.1) is 0 Å². The molecule has 0 saturated carbocycles. The molecule has 0 aliphatic rings. The van der Waals surface area contributed by atoms with E-state index in [4.69, 9.17) is 0 Å². The number of benzene rings is 1. The monoisotopic (exact) mass is 311 g/mol. The van der Waals surface area contributed by atoms with Crippen molar-refractivity contribution in [3.63, 3.8) is 0 Å². The van der Waals surface area contributed by atoms with Gasteiger partial charge in [0, 0.05) is 24.4 Å². The lowest BCUT2D eigenvalue weighted by molar-refractivity contribution is -0.143. The van der Waals surface area contributed by atoms with E-state index in [1.165, 1.54) is 31.2 Å². The van der Waals surface area contributed by atoms with Crippen LogP contribution in [0.3, 0.4) is 0 Å². The number of carbonyl (C=O) groups is 2. The number of aryl methyl sites for hydroxylation is 1. The highest BCUT2D eigenvalue weighted by Crippen LogP contribution is 2.29. The molecule has 5 nitrogen and oxygen atoms in total. The Morgan fingerprint density at radius 2 is 1.77 bits per heavy atom. The first-order valence-electron chi connectivity index (χ1n) is 6.22. The molecule has 1 aromatic carbocycles. The third-order valence-electron chi connectivity index (χ3n) is 2.95. The van der Waals surface area contributed by atoms with Gasteiger partial charge in [-0.2, -0.15) is 18.3 Å². The molecule has 1 N–H and O–H groups in total. The number of nitrogens with one attached hydrogen (secondary N) is 1. The van der Waals surface area contributed by atoms with Crippen molar-refractivity contribution in [3.05, 3.63) is 47.3 Å². The predicted molar refractivity (Wildman–Crippen MR) is 72.6 cm³/mol. The number of ketones is 1. The number of rotatable bonds is 3. The van der Waals surface area contributed by atoms with Crippen molar-refractivity contribution in [2.24, 2.45) is 7.05 Å². The summed E-state index contributed by atoms with van der Waals surface area (Å²) in [6, 6.07) is 6.68. The van der Waals surface area contributed by atoms with Crippen LogP contribution >= 0.6 is 0 Å². The Hall–Kier alpha value is -2.64. The highest BCUT2D eigenvalue weighted by atomic mass is 19.4. The lowest BCUT2D eigenvalue weighted by Crippen LogP contribution is -2.13. The highest BCUT2D eigenvalue weighted by molar-refractivity contribution is 6.03. The zero-order valence-electron chi connectivity index (χ0n) is 11.7. The second-order valence-electron chi connectivity index (χ2n) is 4.62. The van der Waals surface area contributed by atoms with Crippen molar-refractivity contribution in [2.75, 3.05) is 5.32 Å². The first kappa shape index (κ1) is 15.7. The molecule has 0 saturated heterocycles. The van der Waals surface area contributed by atoms with Crippen LogP contribution in [0, 0.1) is 0 Å². The van der Waals surface area contributed by atoms with Crippen LogP contribution in [0.15, 0.2) is 30.3 Å². The molecule has 0 fully saturated rings. The van der Waals surface area contributed by atoms with Crippen molar-refractivity contribution < 1.29 is 22.8 Å². The zero-order valence-corrected chi connectivity index (χ0v) is 11.7. The fourth-order valence-corrected chi connectivity index (χ4v) is 1.83. The van der Waals surface area contributed by atoms with E-state index in [-0.39, 0.29) is 11.5 Å². The Morgan fingerprint density at radius 1 is 1.18 bits per heavy atom. The molecule has 22 heavy (non-hydrogen) atoms. The average Bonchev–Trinajstić information content (AvgIpc) is 2.81. The van der Waals surface area contributed by atoms with E-state index in [0.29, 0.717) is 22.0 Å². The van der Waals surface area contributed by atoms with E-state index in [9.17, 15) is 22.8 Å². The Morgan fingerprint density at radius 3 is 2.23 bits per heavy atom. The van der Waals surface area contributed by atoms with Gasteiger partial charge in [-0.3, -0.25) is 14.3 Å². The maximum absolute atomic E-state index is 12.6. The molecule has 1 heterocycles. The summed E-state index contributed by atoms with van der Waals surface area (Å²) in [4.78, 5) is 23.0. The summed E-state index contributed by atoms with van der Waals surface area (Å²) >= 11 is 0. The number of carbonyl (C=O) groups excluding carboxylic acids is 2. The number of nitrogens with zero attached hydrogens (tertiary/aromatic N) is 2. The molecule has 1 aromatic heterocycles. The minimum Gasteiger partial charge on any atom is -0.321 e. The van der Waals surface area contributed by atoms with E-state index < -0.39 is 17.8 Å². The van der Waals surface area contributed by atoms with Crippen molar-refractivity contribution in [2.45, 2.75) is 13.1 Å². The normalized spacial score (nSPS) is 11.3. The standard InChI is InChI=1S/C14H12F3N3O2/c1-8(21)9-3-5-10(6-4-9)18-13(22)11-7-12(14(15,16)17)20(2)19-11/h3-7H,1-2H3,(H,18,22). The number of hydrogen-bond donors (Lipinski definition) is 1. The molecule has 0 aliphatic heterocycles. The van der Waals surface area contributed by atoms with Crippen LogP contribution < -0.4 is 5.32 Å². The van der Waals surface area contributed by atoms with Crippen molar-refractivity contribution in [1.82, 2.24) is 9.78 Å². The summed E-state index contributed by atoms with van der Waals surface area (Å²) in [5, 5.41) is 5.97. The van der Waals surface area contributed by atoms with Crippen molar-refractivity contribution in [3.8, 4) is 0 Å². The smallest absolute Gasteiger partial charge is 0.321 e. The molecule has 1 amide bonds. The number of Topliss-reactive ketones (excluding diaryl/α,β-unsaturated/α-hetero) is 1. The number of amides is 1. The summed E-state index contributed by atoms with van der Waals surface area (Å²) in [6.07, 6.45) is -4.58. The van der Waals surface area contributed by atoms with Gasteiger partial charge in [0.1, 0.15) is 5.69 Å². The lowest BCUT2D eigenvalue weighted by atomic mass is 10.1. The quantitative estimate of drug-likeness (QED) is 0.887. The van der Waals surface area contributed by atoms with Crippen molar-refractivity contribution in [1.29, 1.82) is 0 Å². The summed E-state index contributed by atoms with van der Waals surface area (Å²) in [5.41, 5.74) is -0.528. The Bertz CT molecular complexity index is 718. The Kier molecular flexibility index (Phi) is 4.03. The average molecular weight is 311 g/mol. The third kappa shape index (κ3) is 3.33. The molecule has 116 valence electrons. The van der Waals surface area contributed by atoms with Gasteiger partial charge in [-0.1, -0.05) is 0 Å². The largest absolute Gasteiger partial charge is 0.433 e. The molecule has 8 heteroatoms. The van der Waals surface area contributed by atoms with E-state index in [0.717, 1.165) is 7.05 Å². The van der Waals surface area contributed by atoms with Gasteiger partial charge in [-0.15, -0.1) is 0 Å². The van der Waals surface area contributed by atoms with Crippen molar-refractivity contribution >= 4 is 17.4 Å². The second-order valence-corrected chi connectivity index (χ2v) is 4.62. The van der Waals surface area contributed by atoms with E-state index in [1.807, 2.05) is 0 Å². The first-order chi connectivity index (χ1) is 10.2. The van der Waals surface area contributed by atoms with E-state index >= 15 is 0 Å². The summed E-state index contributed by atoms with van der Waals surface area (Å²) in [6.45, 7) is 1.40. The number of halogens is 3. The van der Waals surface area contributed by atoms with Crippen LogP contribution in [-0.2, 0) is 13.2 Å². The van der Waals surface area contributed by atoms with Crippen LogP contribution in [0.2, 0.25) is 0 Å². The van der Waals surface area contributed by atoms with E-state index in [2.05, 4.69) is 10.4 Å². The van der Waals surface area contributed by atoms with Crippen LogP contribution in [0.25, 0.3) is 0 Å². The van der Waals surface area contributed by atoms with Crippen LogP contribution in [-0.4, -0.2) is 21.5 Å². The topological polar surface area (TPSA) is 64.0 Å². The van der Waals surface area contributed by atoms with Crippen LogP contribution in [0.5, 0.6) is 0 Å². The number of alkyl halides is 3. The molecule has 2 rings (SSSR count). The number of hydrogen-bond acceptors (Lipinski definition) is 3. The SMILES string of the molecule is CC(=O)c1ccc(NC(=O)c2cc(C(F)(F)F)n(C)n2)cc1. The molecule has 0 aliphatic carbocycles. The molecule has 0 atom stereocenters. The minimum atomic E-state index is -4.58. The Balaban J connectivity index is 2.17. The highest BCUT2D eigenvalue weighted by Gasteiger charge is 2.35. The molecule has 0 unspecified atom stereocenters. The first-order valence-corrected chi connectivity index (χ1v) is 6.22. The number of anilines is 1. The van der Waals surface area contributed by atoms with Crippen LogP contribution in [0.1, 0.15) is 33.5 Å². The summed E-state index contributed by atoms with van der Waals surface area (Å²) in [5.74, 6) is -0.890. The van der Waals surface area contributed by atoms with Gasteiger partial charge in [-0.05, 0) is 31.2 Å². The number of aromatic nitrogens is 2. The lowest BCUT2D eigenvalue weighted by Gasteiger charge is -2.04. The van der Waals surface area contributed by atoms with Gasteiger partial charge in [-0.25, -0.2) is 0 Å². The third-order valence-corrected chi connectivity index (χ3v) is 2.95. The van der Waals surface area contributed by atoms with Gasteiger partial charge >= 0.3 is 6.18 Å². The van der Waals surface area contributed by atoms with Crippen LogP contribution in [0.4, 0.5) is 18.9 Å².